The first kappa shape index (κ1) is 22.8. The van der Waals surface area contributed by atoms with E-state index >= 15 is 0 Å². The number of nitro groups is 2. The molecule has 0 radical (unpaired) electrons. The van der Waals surface area contributed by atoms with Crippen molar-refractivity contribution in [2.24, 2.45) is 0 Å². The molecule has 7 nitrogen and oxygen atoms in total. The average Bonchev–Trinajstić information content (AvgIpc) is 2.63. The summed E-state index contributed by atoms with van der Waals surface area (Å²) in [5.74, 6) is -8.24. The van der Waals surface area contributed by atoms with E-state index in [1.807, 2.05) is 0 Å². The SMILES string of the molecule is CCCN(c1c([N+](=O)[O-])cc([N+](=O)[O-])cc1C(F)(F)F)c1c(F)cc(F)c(F)c1F. The van der Waals surface area contributed by atoms with E-state index in [0.29, 0.717) is 0 Å². The zero-order chi connectivity index (χ0) is 23.0. The zero-order valence-corrected chi connectivity index (χ0v) is 14.8. The summed E-state index contributed by atoms with van der Waals surface area (Å²) in [5, 5.41) is 22.3. The Balaban J connectivity index is 3.02. The summed E-state index contributed by atoms with van der Waals surface area (Å²) in [6.45, 7) is 0.619. The maximum absolute atomic E-state index is 14.3. The Hall–Kier alpha value is -3.45. The Morgan fingerprint density at radius 2 is 1.50 bits per heavy atom. The number of hydrogen-bond acceptors (Lipinski definition) is 5. The van der Waals surface area contributed by atoms with Crippen molar-refractivity contribution in [2.75, 3.05) is 11.4 Å². The van der Waals surface area contributed by atoms with Gasteiger partial charge in [-0.05, 0) is 6.42 Å². The van der Waals surface area contributed by atoms with Crippen LogP contribution >= 0.6 is 0 Å². The second-order valence-electron chi connectivity index (χ2n) is 5.84. The molecule has 0 N–H and O–H groups in total. The molecule has 0 saturated heterocycles. The van der Waals surface area contributed by atoms with Gasteiger partial charge in [-0.15, -0.1) is 0 Å². The van der Waals surface area contributed by atoms with E-state index in [0.717, 1.165) is 0 Å². The number of nitrogens with zero attached hydrogens (tertiary/aromatic N) is 3. The Labute approximate surface area is 162 Å². The molecule has 14 heteroatoms. The monoisotopic (exact) mass is 441 g/mol. The van der Waals surface area contributed by atoms with Crippen LogP contribution in [0.2, 0.25) is 0 Å². The van der Waals surface area contributed by atoms with Gasteiger partial charge >= 0.3 is 6.18 Å². The summed E-state index contributed by atoms with van der Waals surface area (Å²) in [7, 11) is 0. The zero-order valence-electron chi connectivity index (χ0n) is 14.8. The second-order valence-corrected chi connectivity index (χ2v) is 5.84. The molecule has 0 aliphatic carbocycles. The minimum Gasteiger partial charge on any atom is -0.331 e. The van der Waals surface area contributed by atoms with Gasteiger partial charge in [0.1, 0.15) is 11.4 Å². The molecule has 0 saturated carbocycles. The molecule has 0 aromatic heterocycles. The van der Waals surface area contributed by atoms with Crippen molar-refractivity contribution < 1.29 is 40.6 Å². The number of rotatable bonds is 6. The van der Waals surface area contributed by atoms with E-state index in [1.54, 1.807) is 0 Å². The van der Waals surface area contributed by atoms with Gasteiger partial charge in [0, 0.05) is 18.7 Å². The lowest BCUT2D eigenvalue weighted by molar-refractivity contribution is -0.394. The molecular weight excluding hydrogens is 431 g/mol. The highest BCUT2D eigenvalue weighted by Crippen LogP contribution is 2.47. The number of anilines is 2. The van der Waals surface area contributed by atoms with Crippen LogP contribution < -0.4 is 4.90 Å². The largest absolute Gasteiger partial charge is 0.418 e. The lowest BCUT2D eigenvalue weighted by Gasteiger charge is -2.27. The fourth-order valence-corrected chi connectivity index (χ4v) is 2.71. The van der Waals surface area contributed by atoms with Crippen LogP contribution in [0.15, 0.2) is 18.2 Å². The Morgan fingerprint density at radius 3 is 1.97 bits per heavy atom. The van der Waals surface area contributed by atoms with Crippen LogP contribution in [-0.4, -0.2) is 16.4 Å². The quantitative estimate of drug-likeness (QED) is 0.191. The molecule has 30 heavy (non-hydrogen) atoms. The highest BCUT2D eigenvalue weighted by molar-refractivity contribution is 5.79. The summed E-state index contributed by atoms with van der Waals surface area (Å²) in [5.41, 5.74) is -7.74. The standard InChI is InChI=1S/C16H10F7N3O4/c1-2-3-24(15-10(18)6-9(17)12(19)13(15)20)14-8(16(21,22)23)4-7(25(27)28)5-11(14)26(29)30/h4-6H,2-3H2,1H3. The van der Waals surface area contributed by atoms with Gasteiger partial charge in [0.15, 0.2) is 23.3 Å². The van der Waals surface area contributed by atoms with E-state index in [-0.39, 0.29) is 29.5 Å². The first-order valence-corrected chi connectivity index (χ1v) is 7.95. The van der Waals surface area contributed by atoms with Crippen molar-refractivity contribution in [3.8, 4) is 0 Å². The molecule has 0 unspecified atom stereocenters. The lowest BCUT2D eigenvalue weighted by atomic mass is 10.1. The molecule has 0 aliphatic rings. The van der Waals surface area contributed by atoms with Gasteiger partial charge in [0.05, 0.1) is 21.5 Å². The van der Waals surface area contributed by atoms with Gasteiger partial charge in [0.25, 0.3) is 11.4 Å². The highest BCUT2D eigenvalue weighted by Gasteiger charge is 2.42. The maximum atomic E-state index is 14.3. The summed E-state index contributed by atoms with van der Waals surface area (Å²) < 4.78 is 96.3. The van der Waals surface area contributed by atoms with E-state index in [4.69, 9.17) is 0 Å². The van der Waals surface area contributed by atoms with Crippen LogP contribution in [0, 0.1) is 43.5 Å². The summed E-state index contributed by atoms with van der Waals surface area (Å²) >= 11 is 0. The average molecular weight is 441 g/mol. The lowest BCUT2D eigenvalue weighted by Crippen LogP contribution is -2.26. The molecule has 0 aliphatic heterocycles. The molecule has 2 rings (SSSR count). The fraction of sp³-hybridized carbons (Fsp3) is 0.250. The van der Waals surface area contributed by atoms with Crippen LogP contribution in [0.25, 0.3) is 0 Å². The van der Waals surface area contributed by atoms with Crippen LogP contribution in [0.5, 0.6) is 0 Å². The number of hydrogen-bond donors (Lipinski definition) is 0. The molecule has 0 spiro atoms. The number of nitro benzene ring substituents is 2. The van der Waals surface area contributed by atoms with Crippen molar-refractivity contribution in [1.82, 2.24) is 0 Å². The van der Waals surface area contributed by atoms with Gasteiger partial charge in [-0.1, -0.05) is 6.92 Å². The second kappa shape index (κ2) is 8.12. The van der Waals surface area contributed by atoms with Crippen LogP contribution in [0.3, 0.4) is 0 Å². The number of benzene rings is 2. The molecule has 0 bridgehead atoms. The first-order valence-electron chi connectivity index (χ1n) is 7.95. The third kappa shape index (κ3) is 4.11. The van der Waals surface area contributed by atoms with Crippen molar-refractivity contribution in [1.29, 1.82) is 0 Å². The Bertz CT molecular complexity index is 1030. The molecule has 0 amide bonds. The van der Waals surface area contributed by atoms with Gasteiger partial charge < -0.3 is 4.90 Å². The number of non-ortho nitro benzene ring substituents is 1. The van der Waals surface area contributed by atoms with E-state index < -0.39 is 74.1 Å². The van der Waals surface area contributed by atoms with Gasteiger partial charge in [0.2, 0.25) is 0 Å². The smallest absolute Gasteiger partial charge is 0.331 e. The van der Waals surface area contributed by atoms with Crippen LogP contribution in [0.1, 0.15) is 18.9 Å². The summed E-state index contributed by atoms with van der Waals surface area (Å²) in [6.07, 6.45) is -5.59. The Morgan fingerprint density at radius 1 is 0.900 bits per heavy atom. The molecule has 2 aromatic rings. The van der Waals surface area contributed by atoms with Crippen LogP contribution in [-0.2, 0) is 6.18 Å². The van der Waals surface area contributed by atoms with Crippen molar-refractivity contribution in [2.45, 2.75) is 19.5 Å². The normalized spacial score (nSPS) is 11.5. The summed E-state index contributed by atoms with van der Waals surface area (Å²) in [6, 6.07) is -0.0233. The van der Waals surface area contributed by atoms with E-state index in [2.05, 4.69) is 0 Å². The van der Waals surface area contributed by atoms with Crippen molar-refractivity contribution >= 4 is 22.7 Å². The summed E-state index contributed by atoms with van der Waals surface area (Å²) in [4.78, 5) is 19.7. The number of halogens is 7. The van der Waals surface area contributed by atoms with Gasteiger partial charge in [-0.3, -0.25) is 20.2 Å². The molecule has 0 heterocycles. The predicted octanol–water partition coefficient (Wildman–Crippen LogP) is 5.63. The Kier molecular flexibility index (Phi) is 6.18. The van der Waals surface area contributed by atoms with E-state index in [1.165, 1.54) is 6.92 Å². The fourth-order valence-electron chi connectivity index (χ4n) is 2.71. The van der Waals surface area contributed by atoms with Crippen LogP contribution in [0.4, 0.5) is 53.5 Å². The third-order valence-electron chi connectivity index (χ3n) is 3.86. The number of alkyl halides is 3. The predicted molar refractivity (Wildman–Crippen MR) is 88.3 cm³/mol. The minimum absolute atomic E-state index is 0.0549. The molecule has 162 valence electrons. The minimum atomic E-state index is -5.44. The molecule has 0 fully saturated rings. The van der Waals surface area contributed by atoms with Gasteiger partial charge in [-0.25, -0.2) is 17.6 Å². The topological polar surface area (TPSA) is 89.5 Å². The van der Waals surface area contributed by atoms with E-state index in [9.17, 15) is 51.0 Å². The highest BCUT2D eigenvalue weighted by atomic mass is 19.4. The van der Waals surface area contributed by atoms with Crippen molar-refractivity contribution in [3.63, 3.8) is 0 Å². The van der Waals surface area contributed by atoms with Crippen molar-refractivity contribution in [3.05, 3.63) is 67.3 Å². The third-order valence-corrected chi connectivity index (χ3v) is 3.86. The maximum Gasteiger partial charge on any atom is 0.418 e. The molecule has 2 aromatic carbocycles. The molecular formula is C16H10F7N3O4. The molecule has 0 atom stereocenters. The van der Waals surface area contributed by atoms with Gasteiger partial charge in [-0.2, -0.15) is 13.2 Å². The first-order chi connectivity index (χ1) is 13.8.